The fraction of sp³-hybridized carbons (Fsp3) is 0.0952. The van der Waals surface area contributed by atoms with Gasteiger partial charge in [0.15, 0.2) is 0 Å². The molecule has 3 aromatic carbocycles. The number of hydrogen-bond acceptors (Lipinski definition) is 3. The number of rotatable bonds is 5. The van der Waals surface area contributed by atoms with Crippen LogP contribution in [0.1, 0.15) is 21.5 Å². The lowest BCUT2D eigenvalue weighted by Crippen LogP contribution is -2.42. The molecule has 0 aliphatic heterocycles. The molecule has 0 unspecified atom stereocenters. The number of amides is 1. The van der Waals surface area contributed by atoms with Crippen LogP contribution in [0.3, 0.4) is 0 Å². The van der Waals surface area contributed by atoms with Crippen LogP contribution in [0.15, 0.2) is 77.7 Å². The second-order valence-electron chi connectivity index (χ2n) is 6.17. The van der Waals surface area contributed by atoms with Gasteiger partial charge in [-0.15, -0.1) is 4.83 Å². The van der Waals surface area contributed by atoms with Crippen molar-refractivity contribution < 1.29 is 13.2 Å². The SMILES string of the molecule is Cc1ccc(-c2ccccc2)c(C)c1C(=O)NNS(=O)(=O)c1ccccc1. The third kappa shape index (κ3) is 4.07. The standard InChI is InChI=1S/C21H20N2O3S/c1-15-13-14-19(17-9-5-3-6-10-17)16(2)20(15)21(24)22-23-27(25,26)18-11-7-4-8-12-18/h3-14,23H,1-2H3,(H,22,24). The predicted octanol–water partition coefficient (Wildman–Crippen LogP) is 3.59. The van der Waals surface area contributed by atoms with Crippen molar-refractivity contribution in [3.63, 3.8) is 0 Å². The fourth-order valence-electron chi connectivity index (χ4n) is 2.96. The van der Waals surface area contributed by atoms with Crippen LogP contribution in [0.2, 0.25) is 0 Å². The second-order valence-corrected chi connectivity index (χ2v) is 7.85. The van der Waals surface area contributed by atoms with Crippen LogP contribution in [0, 0.1) is 13.8 Å². The summed E-state index contributed by atoms with van der Waals surface area (Å²) in [6, 6.07) is 21.4. The number of nitrogens with one attached hydrogen (secondary N) is 2. The first-order valence-electron chi connectivity index (χ1n) is 8.43. The maximum Gasteiger partial charge on any atom is 0.266 e. The van der Waals surface area contributed by atoms with Gasteiger partial charge in [-0.3, -0.25) is 10.2 Å². The molecule has 3 aromatic rings. The number of hydrazine groups is 1. The molecule has 0 aliphatic carbocycles. The Balaban J connectivity index is 1.87. The summed E-state index contributed by atoms with van der Waals surface area (Å²) in [4.78, 5) is 15.0. The average molecular weight is 380 g/mol. The summed E-state index contributed by atoms with van der Waals surface area (Å²) in [5, 5.41) is 0. The molecule has 0 saturated carbocycles. The quantitative estimate of drug-likeness (QED) is 0.664. The zero-order chi connectivity index (χ0) is 19.4. The summed E-state index contributed by atoms with van der Waals surface area (Å²) in [6.45, 7) is 3.68. The van der Waals surface area contributed by atoms with E-state index >= 15 is 0 Å². The Morgan fingerprint density at radius 1 is 0.815 bits per heavy atom. The van der Waals surface area contributed by atoms with E-state index in [1.807, 2.05) is 56.3 Å². The second kappa shape index (κ2) is 7.73. The molecular formula is C21H20N2O3S. The summed E-state index contributed by atoms with van der Waals surface area (Å²) >= 11 is 0. The number of aryl methyl sites for hydroxylation is 1. The smallest absolute Gasteiger partial charge is 0.266 e. The van der Waals surface area contributed by atoms with Gasteiger partial charge in [0.25, 0.3) is 15.9 Å². The Hall–Kier alpha value is -2.96. The van der Waals surface area contributed by atoms with Crippen molar-refractivity contribution >= 4 is 15.9 Å². The van der Waals surface area contributed by atoms with Crippen LogP contribution in [0.4, 0.5) is 0 Å². The largest absolute Gasteiger partial charge is 0.273 e. The number of carbonyl (C=O) groups is 1. The highest BCUT2D eigenvalue weighted by Gasteiger charge is 2.19. The molecule has 0 fully saturated rings. The van der Waals surface area contributed by atoms with E-state index < -0.39 is 15.9 Å². The van der Waals surface area contributed by atoms with Crippen molar-refractivity contribution in [2.24, 2.45) is 0 Å². The Morgan fingerprint density at radius 2 is 1.41 bits per heavy atom. The first kappa shape index (κ1) is 18.8. The van der Waals surface area contributed by atoms with Crippen LogP contribution in [0.5, 0.6) is 0 Å². The molecule has 0 heterocycles. The Morgan fingerprint density at radius 3 is 2.04 bits per heavy atom. The predicted molar refractivity (Wildman–Crippen MR) is 106 cm³/mol. The van der Waals surface area contributed by atoms with E-state index in [2.05, 4.69) is 10.3 Å². The first-order chi connectivity index (χ1) is 12.9. The van der Waals surface area contributed by atoms with Gasteiger partial charge in [-0.1, -0.05) is 60.7 Å². The van der Waals surface area contributed by atoms with Gasteiger partial charge in [-0.25, -0.2) is 8.42 Å². The molecular weight excluding hydrogens is 360 g/mol. The molecule has 27 heavy (non-hydrogen) atoms. The lowest BCUT2D eigenvalue weighted by Gasteiger charge is -2.15. The van der Waals surface area contributed by atoms with Gasteiger partial charge < -0.3 is 0 Å². The van der Waals surface area contributed by atoms with Gasteiger partial charge in [0, 0.05) is 5.56 Å². The van der Waals surface area contributed by atoms with E-state index in [-0.39, 0.29) is 4.90 Å². The van der Waals surface area contributed by atoms with Crippen LogP contribution in [-0.2, 0) is 10.0 Å². The lowest BCUT2D eigenvalue weighted by molar-refractivity contribution is 0.0944. The van der Waals surface area contributed by atoms with E-state index in [1.165, 1.54) is 12.1 Å². The summed E-state index contributed by atoms with van der Waals surface area (Å²) in [5.41, 5.74) is 6.25. The molecule has 5 nitrogen and oxygen atoms in total. The zero-order valence-electron chi connectivity index (χ0n) is 15.1. The Bertz CT molecular complexity index is 1060. The molecule has 0 aliphatic rings. The zero-order valence-corrected chi connectivity index (χ0v) is 15.9. The van der Waals surface area contributed by atoms with E-state index in [4.69, 9.17) is 0 Å². The van der Waals surface area contributed by atoms with Crippen molar-refractivity contribution in [2.75, 3.05) is 0 Å². The van der Waals surface area contributed by atoms with E-state index in [0.29, 0.717) is 5.56 Å². The van der Waals surface area contributed by atoms with E-state index in [9.17, 15) is 13.2 Å². The normalized spacial score (nSPS) is 11.2. The molecule has 2 N–H and O–H groups in total. The average Bonchev–Trinajstić information content (AvgIpc) is 2.68. The highest BCUT2D eigenvalue weighted by atomic mass is 32.2. The highest BCUT2D eigenvalue weighted by molar-refractivity contribution is 7.89. The number of hydrogen-bond donors (Lipinski definition) is 2. The van der Waals surface area contributed by atoms with Gasteiger partial charge in [0.2, 0.25) is 0 Å². The van der Waals surface area contributed by atoms with Crippen LogP contribution in [-0.4, -0.2) is 14.3 Å². The molecule has 0 saturated heterocycles. The number of carbonyl (C=O) groups excluding carboxylic acids is 1. The van der Waals surface area contributed by atoms with Gasteiger partial charge in [0.1, 0.15) is 0 Å². The van der Waals surface area contributed by atoms with Gasteiger partial charge in [-0.2, -0.15) is 0 Å². The molecule has 1 amide bonds. The molecule has 0 radical (unpaired) electrons. The molecule has 6 heteroatoms. The Labute approximate surface area is 159 Å². The molecule has 138 valence electrons. The van der Waals surface area contributed by atoms with E-state index in [1.54, 1.807) is 18.2 Å². The highest BCUT2D eigenvalue weighted by Crippen LogP contribution is 2.27. The summed E-state index contributed by atoms with van der Waals surface area (Å²) < 4.78 is 24.6. The van der Waals surface area contributed by atoms with Gasteiger partial charge in [-0.05, 0) is 48.2 Å². The monoisotopic (exact) mass is 380 g/mol. The summed E-state index contributed by atoms with van der Waals surface area (Å²) in [5.74, 6) is -0.498. The number of sulfonamides is 1. The van der Waals surface area contributed by atoms with Crippen molar-refractivity contribution in [1.29, 1.82) is 0 Å². The van der Waals surface area contributed by atoms with Crippen LogP contribution < -0.4 is 10.3 Å². The minimum atomic E-state index is -3.83. The minimum absolute atomic E-state index is 0.0804. The number of benzene rings is 3. The van der Waals surface area contributed by atoms with Gasteiger partial charge >= 0.3 is 0 Å². The first-order valence-corrected chi connectivity index (χ1v) is 9.91. The fourth-order valence-corrected chi connectivity index (χ4v) is 3.82. The molecule has 3 rings (SSSR count). The van der Waals surface area contributed by atoms with Gasteiger partial charge in [0.05, 0.1) is 4.90 Å². The lowest BCUT2D eigenvalue weighted by atomic mass is 9.93. The third-order valence-electron chi connectivity index (χ3n) is 4.34. The van der Waals surface area contributed by atoms with Crippen LogP contribution >= 0.6 is 0 Å². The van der Waals surface area contributed by atoms with Crippen LogP contribution in [0.25, 0.3) is 11.1 Å². The van der Waals surface area contributed by atoms with Crippen molar-refractivity contribution in [3.05, 3.63) is 89.5 Å². The van der Waals surface area contributed by atoms with Crippen molar-refractivity contribution in [2.45, 2.75) is 18.7 Å². The topological polar surface area (TPSA) is 75.3 Å². The third-order valence-corrected chi connectivity index (χ3v) is 5.60. The molecule has 0 aromatic heterocycles. The minimum Gasteiger partial charge on any atom is -0.273 e. The summed E-state index contributed by atoms with van der Waals surface area (Å²) in [7, 11) is -3.83. The van der Waals surface area contributed by atoms with Crippen molar-refractivity contribution in [3.8, 4) is 11.1 Å². The maximum absolute atomic E-state index is 12.7. The molecule has 0 bridgehead atoms. The molecule has 0 atom stereocenters. The van der Waals surface area contributed by atoms with Crippen molar-refractivity contribution in [1.82, 2.24) is 10.3 Å². The summed E-state index contributed by atoms with van der Waals surface area (Å²) in [6.07, 6.45) is 0. The molecule has 0 spiro atoms. The Kier molecular flexibility index (Phi) is 5.39. The maximum atomic E-state index is 12.7. The van der Waals surface area contributed by atoms with E-state index in [0.717, 1.165) is 22.3 Å².